The molecule has 5 nitrogen and oxygen atoms in total. The van der Waals surface area contributed by atoms with Crippen LogP contribution in [0, 0.1) is 10.1 Å². The Morgan fingerprint density at radius 3 is 2.81 bits per heavy atom. The zero-order chi connectivity index (χ0) is 12.1. The van der Waals surface area contributed by atoms with Crippen molar-refractivity contribution in [2.45, 2.75) is 32.1 Å². The van der Waals surface area contributed by atoms with Crippen molar-refractivity contribution in [3.8, 4) is 0 Å². The van der Waals surface area contributed by atoms with E-state index in [1.165, 1.54) is 6.07 Å². The summed E-state index contributed by atoms with van der Waals surface area (Å²) >= 11 is 5.78. The van der Waals surface area contributed by atoms with Crippen molar-refractivity contribution in [3.63, 3.8) is 0 Å². The van der Waals surface area contributed by atoms with Crippen LogP contribution in [0.1, 0.15) is 31.5 Å². The molecule has 0 atom stereocenters. The molecule has 0 spiro atoms. The predicted molar refractivity (Wildman–Crippen MR) is 56.8 cm³/mol. The van der Waals surface area contributed by atoms with E-state index in [0.717, 1.165) is 11.2 Å². The highest BCUT2D eigenvalue weighted by Gasteiger charge is 2.45. The molecular formula is C10H12ClN2O3+. The van der Waals surface area contributed by atoms with E-state index >= 15 is 0 Å². The van der Waals surface area contributed by atoms with Gasteiger partial charge in [-0.3, -0.25) is 15.3 Å². The first-order valence-corrected chi connectivity index (χ1v) is 5.34. The predicted octanol–water partition coefficient (Wildman–Crippen LogP) is 2.00. The molecule has 2 rings (SSSR count). The van der Waals surface area contributed by atoms with Crippen LogP contribution in [0.4, 0.5) is 5.69 Å². The van der Waals surface area contributed by atoms with E-state index in [0.29, 0.717) is 17.7 Å². The van der Waals surface area contributed by atoms with Gasteiger partial charge in [-0.2, -0.15) is 0 Å². The molecule has 86 valence electrons. The minimum Gasteiger partial charge on any atom is -0.283 e. The second kappa shape index (κ2) is 3.31. The Bertz CT molecular complexity index is 485. The van der Waals surface area contributed by atoms with E-state index in [-0.39, 0.29) is 16.3 Å². The maximum atomic E-state index is 10.9. The van der Waals surface area contributed by atoms with E-state index in [2.05, 4.69) is 0 Å². The van der Waals surface area contributed by atoms with E-state index in [9.17, 15) is 15.3 Å². The second-order valence-electron chi connectivity index (χ2n) is 4.63. The zero-order valence-corrected chi connectivity index (χ0v) is 9.78. The van der Waals surface area contributed by atoms with Gasteiger partial charge in [-0.25, -0.2) is 0 Å². The number of hydrogen-bond acceptors (Lipinski definition) is 3. The fraction of sp³-hybridized carbons (Fsp3) is 0.500. The molecule has 0 radical (unpaired) electrons. The average molecular weight is 244 g/mol. The topological polar surface area (TPSA) is 67.2 Å². The van der Waals surface area contributed by atoms with Gasteiger partial charge in [-0.15, -0.1) is 0 Å². The van der Waals surface area contributed by atoms with Crippen LogP contribution in [0.25, 0.3) is 0 Å². The van der Waals surface area contributed by atoms with Crippen LogP contribution in [0.3, 0.4) is 0 Å². The molecule has 1 aromatic heterocycles. The summed E-state index contributed by atoms with van der Waals surface area (Å²) in [5.41, 5.74) is 0.837. The average Bonchev–Trinajstić information content (AvgIpc) is 2.48. The molecule has 0 fully saturated rings. The van der Waals surface area contributed by atoms with Gasteiger partial charge < -0.3 is 0 Å². The van der Waals surface area contributed by atoms with Crippen molar-refractivity contribution in [3.05, 3.63) is 32.6 Å². The van der Waals surface area contributed by atoms with Crippen LogP contribution >= 0.6 is 11.6 Å². The minimum atomic E-state index is -0.452. The molecule has 6 heteroatoms. The molecule has 1 aromatic rings. The van der Waals surface area contributed by atoms with Gasteiger partial charge >= 0.3 is 5.15 Å². The summed E-state index contributed by atoms with van der Waals surface area (Å²) in [6, 6.07) is 1.20. The molecular weight excluding hydrogens is 232 g/mol. The fourth-order valence-electron chi connectivity index (χ4n) is 2.28. The number of halogens is 1. The first-order valence-electron chi connectivity index (χ1n) is 4.96. The lowest BCUT2D eigenvalue weighted by molar-refractivity contribution is -0.909. The highest BCUT2D eigenvalue weighted by Crippen LogP contribution is 2.40. The first kappa shape index (κ1) is 11.1. The molecule has 1 aliphatic carbocycles. The van der Waals surface area contributed by atoms with Crippen LogP contribution in [-0.2, 0) is 11.8 Å². The fourth-order valence-corrected chi connectivity index (χ4v) is 2.47. The minimum absolute atomic E-state index is 0.00382. The van der Waals surface area contributed by atoms with Gasteiger partial charge in [0, 0.05) is 4.73 Å². The van der Waals surface area contributed by atoms with Crippen molar-refractivity contribution in [1.29, 1.82) is 0 Å². The Kier molecular flexibility index (Phi) is 2.31. The zero-order valence-electron chi connectivity index (χ0n) is 9.03. The number of rotatable bonds is 1. The molecule has 0 saturated heterocycles. The van der Waals surface area contributed by atoms with E-state index in [1.807, 2.05) is 13.8 Å². The maximum Gasteiger partial charge on any atom is 0.332 e. The van der Waals surface area contributed by atoms with Crippen LogP contribution in [0.2, 0.25) is 5.15 Å². The second-order valence-corrected chi connectivity index (χ2v) is 5.02. The normalized spacial score (nSPS) is 17.2. The van der Waals surface area contributed by atoms with Crippen LogP contribution in [0.5, 0.6) is 0 Å². The standard InChI is InChI=1S/C10H12ClN2O3/c1-10(2)4-3-6-7(13(15)16)5-8(11)12(14)9(6)10/h5,14H,3-4H2,1-2H3/q+1. The lowest BCUT2D eigenvalue weighted by Gasteiger charge is -2.12. The lowest BCUT2D eigenvalue weighted by Crippen LogP contribution is -2.42. The number of pyridine rings is 1. The summed E-state index contributed by atoms with van der Waals surface area (Å²) in [5.74, 6) is 0. The van der Waals surface area contributed by atoms with Gasteiger partial charge in [0.15, 0.2) is 0 Å². The quantitative estimate of drug-likeness (QED) is 0.270. The Morgan fingerprint density at radius 2 is 2.25 bits per heavy atom. The number of hydrogen-bond donors (Lipinski definition) is 1. The van der Waals surface area contributed by atoms with Crippen molar-refractivity contribution in [1.82, 2.24) is 0 Å². The van der Waals surface area contributed by atoms with Gasteiger partial charge in [0.2, 0.25) is 0 Å². The molecule has 1 N–H and O–H groups in total. The number of fused-ring (bicyclic) bond motifs is 1. The molecule has 0 bridgehead atoms. The van der Waals surface area contributed by atoms with Gasteiger partial charge in [0.1, 0.15) is 11.6 Å². The summed E-state index contributed by atoms with van der Waals surface area (Å²) in [6.45, 7) is 3.87. The summed E-state index contributed by atoms with van der Waals surface area (Å²) in [4.78, 5) is 10.4. The monoisotopic (exact) mass is 243 g/mol. The maximum absolute atomic E-state index is 10.9. The molecule has 0 unspecified atom stereocenters. The van der Waals surface area contributed by atoms with Crippen LogP contribution in [0.15, 0.2) is 6.07 Å². The Labute approximate surface area is 97.4 Å². The van der Waals surface area contributed by atoms with Gasteiger partial charge in [-0.1, -0.05) is 0 Å². The number of aromatic nitrogens is 1. The summed E-state index contributed by atoms with van der Waals surface area (Å²) < 4.78 is 0.858. The van der Waals surface area contributed by atoms with Crippen molar-refractivity contribution in [2.75, 3.05) is 0 Å². The number of nitro groups is 1. The highest BCUT2D eigenvalue weighted by molar-refractivity contribution is 6.28. The third-order valence-corrected chi connectivity index (χ3v) is 3.37. The van der Waals surface area contributed by atoms with E-state index in [4.69, 9.17) is 11.6 Å². The molecule has 0 saturated carbocycles. The van der Waals surface area contributed by atoms with Crippen LogP contribution in [-0.4, -0.2) is 10.1 Å². The van der Waals surface area contributed by atoms with Crippen LogP contribution < -0.4 is 4.73 Å². The summed E-state index contributed by atoms with van der Waals surface area (Å²) in [5, 5.41) is 20.7. The third-order valence-electron chi connectivity index (χ3n) is 3.10. The Balaban J connectivity index is 2.78. The molecule has 1 aliphatic rings. The van der Waals surface area contributed by atoms with E-state index in [1.54, 1.807) is 0 Å². The summed E-state index contributed by atoms with van der Waals surface area (Å²) in [7, 11) is 0. The number of nitrogens with zero attached hydrogens (tertiary/aromatic N) is 2. The van der Waals surface area contributed by atoms with E-state index < -0.39 is 4.92 Å². The molecule has 0 amide bonds. The molecule has 0 aromatic carbocycles. The first-order chi connectivity index (χ1) is 7.34. The SMILES string of the molecule is CC1(C)CCc2c([N+](=O)[O-])cc(Cl)[n+](O)c21. The van der Waals surface area contributed by atoms with Crippen molar-refractivity contribution < 1.29 is 14.9 Å². The molecule has 0 aliphatic heterocycles. The molecule has 16 heavy (non-hydrogen) atoms. The summed E-state index contributed by atoms with van der Waals surface area (Å²) in [6.07, 6.45) is 1.36. The van der Waals surface area contributed by atoms with Gasteiger partial charge in [0.25, 0.3) is 11.4 Å². The highest BCUT2D eigenvalue weighted by atomic mass is 35.5. The lowest BCUT2D eigenvalue weighted by atomic mass is 9.90. The third kappa shape index (κ3) is 1.43. The Morgan fingerprint density at radius 1 is 1.62 bits per heavy atom. The largest absolute Gasteiger partial charge is 0.332 e. The van der Waals surface area contributed by atoms with Gasteiger partial charge in [-0.05, 0) is 38.3 Å². The smallest absolute Gasteiger partial charge is 0.283 e. The molecule has 1 heterocycles. The van der Waals surface area contributed by atoms with Crippen molar-refractivity contribution in [2.24, 2.45) is 0 Å². The van der Waals surface area contributed by atoms with Crippen molar-refractivity contribution >= 4 is 17.3 Å². The van der Waals surface area contributed by atoms with Gasteiger partial charge in [0.05, 0.1) is 10.3 Å². The Hall–Kier alpha value is -1.36.